The van der Waals surface area contributed by atoms with Gasteiger partial charge in [0.1, 0.15) is 0 Å². The average molecular weight is 331 g/mol. The number of hydrogen-bond acceptors (Lipinski definition) is 4. The van der Waals surface area contributed by atoms with Crippen LogP contribution in [0.2, 0.25) is 0 Å². The Morgan fingerprint density at radius 3 is 2.65 bits per heavy atom. The first-order chi connectivity index (χ1) is 11.2. The number of nitrogens with zero attached hydrogens (tertiary/aromatic N) is 1. The molecule has 0 radical (unpaired) electrons. The molecule has 1 aliphatic heterocycles. The molecule has 1 aromatic heterocycles. The summed E-state index contributed by atoms with van der Waals surface area (Å²) in [6.07, 6.45) is 2.02. The van der Waals surface area contributed by atoms with Gasteiger partial charge < -0.3 is 10.6 Å². The molecule has 1 aliphatic rings. The van der Waals surface area contributed by atoms with E-state index in [0.29, 0.717) is 6.54 Å². The smallest absolute Gasteiger partial charge is 0.237 e. The van der Waals surface area contributed by atoms with Gasteiger partial charge in [0.2, 0.25) is 5.91 Å². The van der Waals surface area contributed by atoms with Gasteiger partial charge in [-0.05, 0) is 37.4 Å². The van der Waals surface area contributed by atoms with E-state index in [1.807, 2.05) is 26.3 Å². The number of thiazole rings is 1. The van der Waals surface area contributed by atoms with Crippen molar-refractivity contribution in [2.75, 3.05) is 6.54 Å². The third-order valence-electron chi connectivity index (χ3n) is 3.81. The minimum absolute atomic E-state index is 0.0101. The summed E-state index contributed by atoms with van der Waals surface area (Å²) < 4.78 is 0. The molecule has 0 spiro atoms. The number of carbonyl (C=O) groups excluding carboxylic acids is 1. The van der Waals surface area contributed by atoms with Gasteiger partial charge in [0.15, 0.2) is 0 Å². The zero-order valence-electron chi connectivity index (χ0n) is 14.1. The normalized spacial score (nSPS) is 16.6. The van der Waals surface area contributed by atoms with Gasteiger partial charge in [-0.25, -0.2) is 4.98 Å². The summed E-state index contributed by atoms with van der Waals surface area (Å²) in [6.45, 7) is 7.55. The number of rotatable bonds is 4. The van der Waals surface area contributed by atoms with Crippen LogP contribution in [0.1, 0.15) is 37.9 Å². The minimum Gasteiger partial charge on any atom is -0.351 e. The Morgan fingerprint density at radius 2 is 2.09 bits per heavy atom. The van der Waals surface area contributed by atoms with Gasteiger partial charge in [0.05, 0.1) is 22.1 Å². The van der Waals surface area contributed by atoms with Gasteiger partial charge in [-0.2, -0.15) is 0 Å². The van der Waals surface area contributed by atoms with Crippen LogP contribution in [0.15, 0.2) is 29.8 Å². The van der Waals surface area contributed by atoms with E-state index in [2.05, 4.69) is 39.9 Å². The lowest BCUT2D eigenvalue weighted by atomic mass is 10.1. The van der Waals surface area contributed by atoms with E-state index in [-0.39, 0.29) is 11.9 Å². The molecule has 5 heteroatoms. The summed E-state index contributed by atoms with van der Waals surface area (Å²) in [5.74, 6) is 0.106. The molecule has 0 saturated carbocycles. The molecule has 2 N–H and O–H groups in total. The van der Waals surface area contributed by atoms with Crippen LogP contribution in [-0.2, 0) is 11.3 Å². The molecule has 4 nitrogen and oxygen atoms in total. The van der Waals surface area contributed by atoms with Gasteiger partial charge in [-0.15, -0.1) is 11.3 Å². The monoisotopic (exact) mass is 331 g/mol. The molecule has 23 heavy (non-hydrogen) atoms. The molecule has 3 rings (SSSR count). The molecule has 0 bridgehead atoms. The van der Waals surface area contributed by atoms with E-state index in [1.54, 1.807) is 11.3 Å². The first-order valence-corrected chi connectivity index (χ1v) is 9.12. The van der Waals surface area contributed by atoms with Crippen molar-refractivity contribution in [1.29, 1.82) is 0 Å². The number of amides is 1. The van der Waals surface area contributed by atoms with Crippen LogP contribution in [0, 0.1) is 6.92 Å². The number of carbonyl (C=O) groups is 1. The number of aryl methyl sites for hydroxylation is 1. The van der Waals surface area contributed by atoms with E-state index in [9.17, 15) is 4.79 Å². The van der Waals surface area contributed by atoms with Crippen molar-refractivity contribution in [3.8, 4) is 10.4 Å². The van der Waals surface area contributed by atoms with E-state index in [4.69, 9.17) is 0 Å². The topological polar surface area (TPSA) is 54.0 Å². The fourth-order valence-corrected chi connectivity index (χ4v) is 3.39. The second-order valence-corrected chi connectivity index (χ2v) is 6.19. The van der Waals surface area contributed by atoms with Crippen molar-refractivity contribution in [2.24, 2.45) is 0 Å². The number of benzene rings is 1. The Bertz CT molecular complexity index is 615. The third kappa shape index (κ3) is 4.62. The molecule has 0 aliphatic carbocycles. The summed E-state index contributed by atoms with van der Waals surface area (Å²) in [6, 6.07) is 8.31. The zero-order valence-corrected chi connectivity index (χ0v) is 14.9. The van der Waals surface area contributed by atoms with Crippen molar-refractivity contribution >= 4 is 17.2 Å². The Kier molecular flexibility index (Phi) is 6.74. The van der Waals surface area contributed by atoms with Gasteiger partial charge in [0, 0.05) is 6.54 Å². The van der Waals surface area contributed by atoms with Gasteiger partial charge >= 0.3 is 0 Å². The number of hydrogen-bond donors (Lipinski definition) is 2. The highest BCUT2D eigenvalue weighted by molar-refractivity contribution is 7.13. The summed E-state index contributed by atoms with van der Waals surface area (Å²) in [4.78, 5) is 17.4. The summed E-state index contributed by atoms with van der Waals surface area (Å²) in [5, 5.41) is 6.20. The summed E-state index contributed by atoms with van der Waals surface area (Å²) in [7, 11) is 0. The molecule has 2 aromatic rings. The van der Waals surface area contributed by atoms with Gasteiger partial charge in [0.25, 0.3) is 0 Å². The van der Waals surface area contributed by atoms with E-state index in [0.717, 1.165) is 30.6 Å². The molecule has 1 atom stereocenters. The van der Waals surface area contributed by atoms with Crippen molar-refractivity contribution in [3.05, 3.63) is 41.0 Å². The lowest BCUT2D eigenvalue weighted by Gasteiger charge is -2.11. The van der Waals surface area contributed by atoms with Crippen LogP contribution < -0.4 is 10.6 Å². The van der Waals surface area contributed by atoms with Crippen LogP contribution in [-0.4, -0.2) is 23.5 Å². The number of nitrogens with one attached hydrogen (secondary N) is 2. The summed E-state index contributed by atoms with van der Waals surface area (Å²) in [5.41, 5.74) is 5.23. The van der Waals surface area contributed by atoms with Crippen LogP contribution in [0.25, 0.3) is 10.4 Å². The van der Waals surface area contributed by atoms with E-state index >= 15 is 0 Å². The SMILES string of the molecule is CC.Cc1ncsc1-c1ccc(CNC(=O)C2CCCN2)cc1. The second kappa shape index (κ2) is 8.79. The minimum atomic E-state index is -0.0101. The zero-order chi connectivity index (χ0) is 16.7. The maximum absolute atomic E-state index is 11.9. The van der Waals surface area contributed by atoms with Crippen molar-refractivity contribution in [1.82, 2.24) is 15.6 Å². The molecule has 1 amide bonds. The second-order valence-electron chi connectivity index (χ2n) is 5.33. The highest BCUT2D eigenvalue weighted by Gasteiger charge is 2.21. The molecule has 2 heterocycles. The van der Waals surface area contributed by atoms with Crippen LogP contribution >= 0.6 is 11.3 Å². The fraction of sp³-hybridized carbons (Fsp3) is 0.444. The Labute approximate surface area is 142 Å². The quantitative estimate of drug-likeness (QED) is 0.901. The van der Waals surface area contributed by atoms with Gasteiger partial charge in [-0.3, -0.25) is 4.79 Å². The predicted molar refractivity (Wildman–Crippen MR) is 96.5 cm³/mol. The molecular formula is C18H25N3OS. The highest BCUT2D eigenvalue weighted by Crippen LogP contribution is 2.27. The largest absolute Gasteiger partial charge is 0.351 e. The Hall–Kier alpha value is -1.72. The lowest BCUT2D eigenvalue weighted by Crippen LogP contribution is -2.39. The van der Waals surface area contributed by atoms with Crippen LogP contribution in [0.4, 0.5) is 0 Å². The highest BCUT2D eigenvalue weighted by atomic mass is 32.1. The van der Waals surface area contributed by atoms with Crippen molar-refractivity contribution in [2.45, 2.75) is 46.2 Å². The van der Waals surface area contributed by atoms with E-state index < -0.39 is 0 Å². The molecular weight excluding hydrogens is 306 g/mol. The first kappa shape index (κ1) is 17.6. The Morgan fingerprint density at radius 1 is 1.35 bits per heavy atom. The van der Waals surface area contributed by atoms with Crippen molar-refractivity contribution < 1.29 is 4.79 Å². The molecule has 124 valence electrons. The molecule has 1 fully saturated rings. The predicted octanol–water partition coefficient (Wildman–Crippen LogP) is 3.51. The van der Waals surface area contributed by atoms with Crippen LogP contribution in [0.3, 0.4) is 0 Å². The average Bonchev–Trinajstić information content (AvgIpc) is 3.27. The maximum Gasteiger partial charge on any atom is 0.237 e. The molecule has 1 saturated heterocycles. The molecule has 1 aromatic carbocycles. The maximum atomic E-state index is 11.9. The summed E-state index contributed by atoms with van der Waals surface area (Å²) >= 11 is 1.65. The Balaban J connectivity index is 0.000000924. The lowest BCUT2D eigenvalue weighted by molar-refractivity contribution is -0.122. The molecule has 1 unspecified atom stereocenters. The third-order valence-corrected chi connectivity index (χ3v) is 4.78. The van der Waals surface area contributed by atoms with Gasteiger partial charge in [-0.1, -0.05) is 38.1 Å². The standard InChI is InChI=1S/C16H19N3OS.C2H6/c1-11-15(21-10-19-11)13-6-4-12(5-7-13)9-18-16(20)14-3-2-8-17-14;1-2/h4-7,10,14,17H,2-3,8-9H2,1H3,(H,18,20);1-2H3. The fourth-order valence-electron chi connectivity index (χ4n) is 2.57. The first-order valence-electron chi connectivity index (χ1n) is 8.24. The number of aromatic nitrogens is 1. The van der Waals surface area contributed by atoms with E-state index in [1.165, 1.54) is 10.4 Å². The van der Waals surface area contributed by atoms with Crippen molar-refractivity contribution in [3.63, 3.8) is 0 Å². The van der Waals surface area contributed by atoms with Crippen LogP contribution in [0.5, 0.6) is 0 Å².